The van der Waals surface area contributed by atoms with Crippen molar-refractivity contribution < 1.29 is 14.6 Å². The first-order valence-corrected chi connectivity index (χ1v) is 8.47. The van der Waals surface area contributed by atoms with Crippen LogP contribution in [-0.2, 0) is 16.1 Å². The first kappa shape index (κ1) is 16.7. The molecule has 0 aromatic heterocycles. The fraction of sp³-hybridized carbons (Fsp3) is 0.350. The van der Waals surface area contributed by atoms with E-state index in [1.807, 2.05) is 30.3 Å². The summed E-state index contributed by atoms with van der Waals surface area (Å²) in [5, 5.41) is 12.8. The van der Waals surface area contributed by atoms with Gasteiger partial charge in [0.05, 0.1) is 12.7 Å². The van der Waals surface area contributed by atoms with Gasteiger partial charge in [-0.3, -0.25) is 4.79 Å². The third-order valence-electron chi connectivity index (χ3n) is 4.37. The molecule has 1 unspecified atom stereocenters. The Labute approximate surface area is 142 Å². The van der Waals surface area contributed by atoms with Crippen LogP contribution in [0.3, 0.4) is 0 Å². The first-order chi connectivity index (χ1) is 11.7. The lowest BCUT2D eigenvalue weighted by atomic mass is 10.1. The average Bonchev–Trinajstić information content (AvgIpc) is 3.15. The van der Waals surface area contributed by atoms with Gasteiger partial charge < -0.3 is 15.2 Å². The molecule has 1 atom stereocenters. The Balaban J connectivity index is 1.52. The van der Waals surface area contributed by atoms with Gasteiger partial charge in [0.15, 0.2) is 6.10 Å². The van der Waals surface area contributed by atoms with Crippen LogP contribution in [0.15, 0.2) is 54.6 Å². The topological polar surface area (TPSA) is 58.6 Å². The number of ether oxygens (including phenoxy) is 1. The van der Waals surface area contributed by atoms with Crippen LogP contribution in [0.1, 0.15) is 42.9 Å². The van der Waals surface area contributed by atoms with Gasteiger partial charge in [0.1, 0.15) is 0 Å². The molecule has 1 amide bonds. The highest BCUT2D eigenvalue weighted by molar-refractivity contribution is 5.94. The maximum absolute atomic E-state index is 12.1. The number of anilines is 1. The quantitative estimate of drug-likeness (QED) is 0.849. The standard InChI is InChI=1S/C20H23NO3/c22-19(16-6-2-1-3-7-16)20(23)21-17-12-10-15(11-13-17)14-24-18-8-4-5-9-18/h1-3,6-7,10-13,18-19,22H,4-5,8-9,14H2,(H,21,23). The average molecular weight is 325 g/mol. The lowest BCUT2D eigenvalue weighted by Gasteiger charge is -2.13. The second-order valence-corrected chi connectivity index (χ2v) is 6.22. The van der Waals surface area contributed by atoms with E-state index in [0.29, 0.717) is 24.0 Å². The Hall–Kier alpha value is -2.17. The highest BCUT2D eigenvalue weighted by Crippen LogP contribution is 2.22. The molecule has 24 heavy (non-hydrogen) atoms. The molecule has 1 saturated carbocycles. The number of amides is 1. The normalized spacial score (nSPS) is 16.0. The number of aliphatic hydroxyl groups is 1. The SMILES string of the molecule is O=C(Nc1ccc(COC2CCCC2)cc1)C(O)c1ccccc1. The minimum absolute atomic E-state index is 0.394. The van der Waals surface area contributed by atoms with Crippen molar-refractivity contribution in [2.45, 2.75) is 44.5 Å². The summed E-state index contributed by atoms with van der Waals surface area (Å²) in [7, 11) is 0. The number of nitrogens with one attached hydrogen (secondary N) is 1. The van der Waals surface area contributed by atoms with E-state index < -0.39 is 12.0 Å². The van der Waals surface area contributed by atoms with Gasteiger partial charge in [0.2, 0.25) is 0 Å². The van der Waals surface area contributed by atoms with Crippen molar-refractivity contribution in [1.82, 2.24) is 0 Å². The second kappa shape index (κ2) is 8.08. The summed E-state index contributed by atoms with van der Waals surface area (Å²) in [6.07, 6.45) is 4.07. The van der Waals surface area contributed by atoms with Gasteiger partial charge >= 0.3 is 0 Å². The Kier molecular flexibility index (Phi) is 5.62. The molecule has 1 fully saturated rings. The number of rotatable bonds is 6. The Bertz CT molecular complexity index is 648. The van der Waals surface area contributed by atoms with E-state index in [0.717, 1.165) is 18.4 Å². The van der Waals surface area contributed by atoms with Gasteiger partial charge in [-0.2, -0.15) is 0 Å². The van der Waals surface area contributed by atoms with E-state index in [-0.39, 0.29) is 0 Å². The van der Waals surface area contributed by atoms with E-state index in [4.69, 9.17) is 4.74 Å². The number of carbonyl (C=O) groups excluding carboxylic acids is 1. The maximum Gasteiger partial charge on any atom is 0.257 e. The van der Waals surface area contributed by atoms with E-state index in [1.165, 1.54) is 12.8 Å². The molecule has 0 heterocycles. The molecule has 0 radical (unpaired) electrons. The molecule has 2 aromatic rings. The lowest BCUT2D eigenvalue weighted by molar-refractivity contribution is -0.124. The van der Waals surface area contributed by atoms with Gasteiger partial charge in [-0.25, -0.2) is 0 Å². The van der Waals surface area contributed by atoms with Crippen molar-refractivity contribution in [2.75, 3.05) is 5.32 Å². The third kappa shape index (κ3) is 4.43. The van der Waals surface area contributed by atoms with Crippen LogP contribution in [0.2, 0.25) is 0 Å². The van der Waals surface area contributed by atoms with Crippen molar-refractivity contribution in [1.29, 1.82) is 0 Å². The molecule has 0 spiro atoms. The first-order valence-electron chi connectivity index (χ1n) is 8.47. The molecular weight excluding hydrogens is 302 g/mol. The predicted molar refractivity (Wildman–Crippen MR) is 93.5 cm³/mol. The van der Waals surface area contributed by atoms with Crippen LogP contribution >= 0.6 is 0 Å². The maximum atomic E-state index is 12.1. The Morgan fingerprint density at radius 2 is 1.75 bits per heavy atom. The number of aliphatic hydroxyl groups excluding tert-OH is 1. The molecule has 2 N–H and O–H groups in total. The van der Waals surface area contributed by atoms with E-state index >= 15 is 0 Å². The van der Waals surface area contributed by atoms with Gasteiger partial charge in [-0.05, 0) is 36.1 Å². The zero-order chi connectivity index (χ0) is 16.8. The summed E-state index contributed by atoms with van der Waals surface area (Å²) in [5.41, 5.74) is 2.33. The van der Waals surface area contributed by atoms with Crippen LogP contribution in [0.4, 0.5) is 5.69 Å². The van der Waals surface area contributed by atoms with Crippen molar-refractivity contribution in [3.05, 3.63) is 65.7 Å². The summed E-state index contributed by atoms with van der Waals surface area (Å²) >= 11 is 0. The van der Waals surface area contributed by atoms with E-state index in [9.17, 15) is 9.90 Å². The smallest absolute Gasteiger partial charge is 0.257 e. The lowest BCUT2D eigenvalue weighted by Crippen LogP contribution is -2.20. The summed E-state index contributed by atoms with van der Waals surface area (Å²) in [5.74, 6) is -0.434. The Morgan fingerprint density at radius 3 is 2.42 bits per heavy atom. The van der Waals surface area contributed by atoms with E-state index in [2.05, 4.69) is 5.32 Å². The van der Waals surface area contributed by atoms with Crippen molar-refractivity contribution >= 4 is 11.6 Å². The highest BCUT2D eigenvalue weighted by Gasteiger charge is 2.17. The summed E-state index contributed by atoms with van der Waals surface area (Å²) in [6.45, 7) is 0.603. The van der Waals surface area contributed by atoms with Crippen LogP contribution in [0.5, 0.6) is 0 Å². The molecule has 126 valence electrons. The van der Waals surface area contributed by atoms with Crippen molar-refractivity contribution in [3.63, 3.8) is 0 Å². The molecule has 1 aliphatic rings. The number of carbonyl (C=O) groups is 1. The van der Waals surface area contributed by atoms with Crippen molar-refractivity contribution in [2.24, 2.45) is 0 Å². The molecule has 2 aromatic carbocycles. The predicted octanol–water partition coefficient (Wildman–Crippen LogP) is 3.82. The molecule has 0 aliphatic heterocycles. The van der Waals surface area contributed by atoms with Crippen molar-refractivity contribution in [3.8, 4) is 0 Å². The molecule has 4 nitrogen and oxygen atoms in total. The van der Waals surface area contributed by atoms with Crippen LogP contribution in [0.25, 0.3) is 0 Å². The third-order valence-corrected chi connectivity index (χ3v) is 4.37. The molecule has 0 bridgehead atoms. The van der Waals surface area contributed by atoms with Gasteiger partial charge in [0, 0.05) is 5.69 Å². The monoisotopic (exact) mass is 325 g/mol. The highest BCUT2D eigenvalue weighted by atomic mass is 16.5. The fourth-order valence-electron chi connectivity index (χ4n) is 2.95. The van der Waals surface area contributed by atoms with Crippen LogP contribution in [-0.4, -0.2) is 17.1 Å². The van der Waals surface area contributed by atoms with Gasteiger partial charge in [-0.15, -0.1) is 0 Å². The fourth-order valence-corrected chi connectivity index (χ4v) is 2.95. The summed E-state index contributed by atoms with van der Waals surface area (Å²) in [6, 6.07) is 16.5. The number of hydrogen-bond donors (Lipinski definition) is 2. The Morgan fingerprint density at radius 1 is 1.08 bits per heavy atom. The second-order valence-electron chi connectivity index (χ2n) is 6.22. The van der Waals surface area contributed by atoms with Crippen LogP contribution in [0, 0.1) is 0 Å². The van der Waals surface area contributed by atoms with E-state index in [1.54, 1.807) is 24.3 Å². The zero-order valence-electron chi connectivity index (χ0n) is 13.7. The number of hydrogen-bond acceptors (Lipinski definition) is 3. The molecule has 4 heteroatoms. The molecule has 0 saturated heterocycles. The molecular formula is C20H23NO3. The minimum Gasteiger partial charge on any atom is -0.378 e. The van der Waals surface area contributed by atoms with Gasteiger partial charge in [0.25, 0.3) is 5.91 Å². The minimum atomic E-state index is -1.17. The van der Waals surface area contributed by atoms with Gasteiger partial charge in [-0.1, -0.05) is 55.3 Å². The summed E-state index contributed by atoms with van der Waals surface area (Å²) in [4.78, 5) is 12.1. The largest absolute Gasteiger partial charge is 0.378 e. The van der Waals surface area contributed by atoms with Crippen LogP contribution < -0.4 is 5.32 Å². The zero-order valence-corrected chi connectivity index (χ0v) is 13.7. The summed E-state index contributed by atoms with van der Waals surface area (Å²) < 4.78 is 5.88. The molecule has 3 rings (SSSR count). The molecule has 1 aliphatic carbocycles. The number of benzene rings is 2.